The number of alkyl halides is 3. The highest BCUT2D eigenvalue weighted by Crippen LogP contribution is 2.54. The molecule has 1 aromatic heterocycles. The maximum absolute atomic E-state index is 14.3. The molecule has 2 heterocycles. The van der Waals surface area contributed by atoms with Gasteiger partial charge < -0.3 is 20.5 Å². The van der Waals surface area contributed by atoms with Crippen LogP contribution in [0.3, 0.4) is 0 Å². The third-order valence-electron chi connectivity index (χ3n) is 5.71. The van der Waals surface area contributed by atoms with E-state index in [1.807, 2.05) is 0 Å². The molecule has 4 atom stereocenters. The third-order valence-corrected chi connectivity index (χ3v) is 5.71. The van der Waals surface area contributed by atoms with Crippen molar-refractivity contribution in [2.45, 2.75) is 37.6 Å². The highest BCUT2D eigenvalue weighted by molar-refractivity contribution is 5.95. The number of rotatable bonds is 5. The van der Waals surface area contributed by atoms with Gasteiger partial charge in [-0.15, -0.1) is 0 Å². The Morgan fingerprint density at radius 1 is 1.24 bits per heavy atom. The predicted octanol–water partition coefficient (Wildman–Crippen LogP) is 2.94. The second-order valence-corrected chi connectivity index (χ2v) is 7.58. The smallest absolute Gasteiger partial charge is 0.417 e. The van der Waals surface area contributed by atoms with Gasteiger partial charge in [0.05, 0.1) is 19.5 Å². The molecule has 1 aliphatic rings. The van der Waals surface area contributed by atoms with Crippen LogP contribution in [-0.4, -0.2) is 46.8 Å². The van der Waals surface area contributed by atoms with Crippen LogP contribution in [-0.2, 0) is 9.53 Å². The number of primary amides is 1. The first-order chi connectivity index (χ1) is 15.3. The number of methoxy groups -OCH3 is 1. The molecule has 1 saturated heterocycles. The number of aromatic nitrogens is 2. The number of halogens is 5. The Bertz CT molecular complexity index is 1100. The summed E-state index contributed by atoms with van der Waals surface area (Å²) in [5.74, 6) is -8.45. The average Bonchev–Trinajstić information content (AvgIpc) is 3.02. The topological polar surface area (TPSA) is 116 Å². The summed E-state index contributed by atoms with van der Waals surface area (Å²) in [6.45, 7) is 1.94. The molecule has 3 N–H and O–H groups in total. The van der Waals surface area contributed by atoms with Crippen molar-refractivity contribution in [3.8, 4) is 5.75 Å². The van der Waals surface area contributed by atoms with Gasteiger partial charge in [0.25, 0.3) is 11.8 Å². The number of nitrogens with one attached hydrogen (secondary N) is 1. The van der Waals surface area contributed by atoms with Crippen molar-refractivity contribution in [2.24, 2.45) is 11.7 Å². The van der Waals surface area contributed by atoms with Gasteiger partial charge in [-0.25, -0.2) is 9.37 Å². The molecular formula is C20H19F5N4O4. The van der Waals surface area contributed by atoms with E-state index >= 15 is 0 Å². The average molecular weight is 474 g/mol. The fourth-order valence-electron chi connectivity index (χ4n) is 3.78. The molecule has 0 spiro atoms. The molecule has 8 nitrogen and oxygen atoms in total. The van der Waals surface area contributed by atoms with E-state index in [0.717, 1.165) is 38.6 Å². The maximum atomic E-state index is 14.3. The lowest BCUT2D eigenvalue weighted by Crippen LogP contribution is -2.47. The summed E-state index contributed by atoms with van der Waals surface area (Å²) in [4.78, 5) is 31.7. The van der Waals surface area contributed by atoms with Crippen molar-refractivity contribution in [1.29, 1.82) is 0 Å². The van der Waals surface area contributed by atoms with Crippen LogP contribution in [0.15, 0.2) is 24.5 Å². The molecule has 0 radical (unpaired) electrons. The van der Waals surface area contributed by atoms with Crippen molar-refractivity contribution in [2.75, 3.05) is 12.4 Å². The van der Waals surface area contributed by atoms with Gasteiger partial charge in [0.2, 0.25) is 5.82 Å². The third kappa shape index (κ3) is 4.19. The van der Waals surface area contributed by atoms with Crippen molar-refractivity contribution < 1.29 is 41.0 Å². The second-order valence-electron chi connectivity index (χ2n) is 7.58. The molecule has 2 aromatic rings. The minimum Gasteiger partial charge on any atom is -0.493 e. The number of nitrogens with two attached hydrogens (primary N) is 1. The summed E-state index contributed by atoms with van der Waals surface area (Å²) < 4.78 is 79.9. The number of hydrogen-bond acceptors (Lipinski definition) is 6. The number of anilines is 1. The Morgan fingerprint density at radius 3 is 2.48 bits per heavy atom. The van der Waals surface area contributed by atoms with Crippen molar-refractivity contribution in [3.05, 3.63) is 47.4 Å². The van der Waals surface area contributed by atoms with Crippen LogP contribution in [0.2, 0.25) is 0 Å². The van der Waals surface area contributed by atoms with Gasteiger partial charge in [0.1, 0.15) is 11.8 Å². The van der Waals surface area contributed by atoms with Crippen LogP contribution in [0.4, 0.5) is 27.8 Å². The molecule has 0 saturated carbocycles. The van der Waals surface area contributed by atoms with Gasteiger partial charge in [-0.1, -0.05) is 13.0 Å². The van der Waals surface area contributed by atoms with Crippen molar-refractivity contribution in [3.63, 3.8) is 0 Å². The van der Waals surface area contributed by atoms with Gasteiger partial charge in [-0.3, -0.25) is 14.6 Å². The van der Waals surface area contributed by atoms with E-state index in [1.54, 1.807) is 0 Å². The Kier molecular flexibility index (Phi) is 6.29. The minimum atomic E-state index is -4.91. The minimum absolute atomic E-state index is 0.186. The Balaban J connectivity index is 2.07. The van der Waals surface area contributed by atoms with E-state index in [9.17, 15) is 31.5 Å². The van der Waals surface area contributed by atoms with Gasteiger partial charge in [0, 0.05) is 17.4 Å². The first-order valence-electron chi connectivity index (χ1n) is 9.51. The standard InChI is InChI=1S/C20H19F5N4O4/c1-8-13(9-4-5-10(21)14(22)15(9)32-3)16(33-19(8,2)20(23,24)25)18(31)29-12-7-27-6-11(28-12)17(26)30/h4-8,13,16H,1-3H3,(H2,26,30)(H,28,29,31)/t8-,13-,16+,19-/m0/s1. The van der Waals surface area contributed by atoms with Crippen molar-refractivity contribution in [1.82, 2.24) is 9.97 Å². The monoisotopic (exact) mass is 474 g/mol. The van der Waals surface area contributed by atoms with Crippen LogP contribution < -0.4 is 15.8 Å². The molecule has 178 valence electrons. The van der Waals surface area contributed by atoms with E-state index in [1.165, 1.54) is 6.92 Å². The zero-order valence-electron chi connectivity index (χ0n) is 17.5. The Hall–Kier alpha value is -3.35. The first-order valence-corrected chi connectivity index (χ1v) is 9.51. The number of ether oxygens (including phenoxy) is 2. The van der Waals surface area contributed by atoms with E-state index in [2.05, 4.69) is 15.3 Å². The number of benzene rings is 1. The number of carbonyl (C=O) groups excluding carboxylic acids is 2. The maximum Gasteiger partial charge on any atom is 0.417 e. The molecule has 0 bridgehead atoms. The number of nitrogens with zero attached hydrogens (tertiary/aromatic N) is 2. The highest BCUT2D eigenvalue weighted by atomic mass is 19.4. The molecule has 0 unspecified atom stereocenters. The summed E-state index contributed by atoms with van der Waals surface area (Å²) >= 11 is 0. The molecule has 2 amide bonds. The molecular weight excluding hydrogens is 455 g/mol. The number of hydrogen-bond donors (Lipinski definition) is 2. The second kappa shape index (κ2) is 8.54. The van der Waals surface area contributed by atoms with E-state index in [0.29, 0.717) is 0 Å². The first kappa shape index (κ1) is 24.3. The van der Waals surface area contributed by atoms with Gasteiger partial charge in [-0.05, 0) is 13.0 Å². The Labute approximate surface area is 184 Å². The molecule has 1 fully saturated rings. The van der Waals surface area contributed by atoms with Gasteiger partial charge in [-0.2, -0.15) is 17.6 Å². The summed E-state index contributed by atoms with van der Waals surface area (Å²) in [7, 11) is 1.02. The largest absolute Gasteiger partial charge is 0.493 e. The number of carbonyl (C=O) groups is 2. The molecule has 0 aliphatic carbocycles. The van der Waals surface area contributed by atoms with Gasteiger partial charge in [0.15, 0.2) is 23.0 Å². The summed E-state index contributed by atoms with van der Waals surface area (Å²) in [5, 5.41) is 2.23. The van der Waals surface area contributed by atoms with Crippen LogP contribution in [0, 0.1) is 17.6 Å². The van der Waals surface area contributed by atoms with Crippen LogP contribution >= 0.6 is 0 Å². The van der Waals surface area contributed by atoms with E-state index in [4.69, 9.17) is 15.2 Å². The fourth-order valence-corrected chi connectivity index (χ4v) is 3.78. The van der Waals surface area contributed by atoms with Crippen LogP contribution in [0.1, 0.15) is 35.8 Å². The zero-order valence-corrected chi connectivity index (χ0v) is 17.5. The zero-order chi connectivity index (χ0) is 24.7. The normalized spacial score (nSPS) is 25.0. The van der Waals surface area contributed by atoms with Crippen molar-refractivity contribution >= 4 is 17.6 Å². The van der Waals surface area contributed by atoms with E-state index in [-0.39, 0.29) is 17.1 Å². The molecule has 3 rings (SSSR count). The SMILES string of the molecule is COc1c([C@H]2[C@H](C(=O)Nc3cncc(C(N)=O)n3)O[C@](C)(C(F)(F)F)[C@H]2C)ccc(F)c1F. The fraction of sp³-hybridized carbons (Fsp3) is 0.400. The molecule has 13 heteroatoms. The quantitative estimate of drug-likeness (QED) is 0.644. The predicted molar refractivity (Wildman–Crippen MR) is 103 cm³/mol. The highest BCUT2D eigenvalue weighted by Gasteiger charge is 2.65. The lowest BCUT2D eigenvalue weighted by Gasteiger charge is -2.32. The molecule has 1 aromatic carbocycles. The number of amides is 2. The molecule has 1 aliphatic heterocycles. The van der Waals surface area contributed by atoms with Crippen LogP contribution in [0.5, 0.6) is 5.75 Å². The van der Waals surface area contributed by atoms with E-state index < -0.39 is 58.9 Å². The summed E-state index contributed by atoms with van der Waals surface area (Å²) in [5.41, 5.74) is 1.82. The van der Waals surface area contributed by atoms with Gasteiger partial charge >= 0.3 is 6.18 Å². The summed E-state index contributed by atoms with van der Waals surface area (Å²) in [6.07, 6.45) is -4.65. The lowest BCUT2D eigenvalue weighted by atomic mass is 9.77. The Morgan fingerprint density at radius 2 is 1.91 bits per heavy atom. The molecule has 33 heavy (non-hydrogen) atoms. The van der Waals surface area contributed by atoms with Crippen LogP contribution in [0.25, 0.3) is 0 Å². The summed E-state index contributed by atoms with van der Waals surface area (Å²) in [6, 6.07) is 1.76. The lowest BCUT2D eigenvalue weighted by molar-refractivity contribution is -0.272.